The van der Waals surface area contributed by atoms with Crippen molar-refractivity contribution < 1.29 is 8.42 Å². The van der Waals surface area contributed by atoms with Crippen LogP contribution in [0.15, 0.2) is 29.2 Å². The van der Waals surface area contributed by atoms with E-state index in [1.165, 1.54) is 25.7 Å². The maximum Gasteiger partial charge on any atom is 0.240 e. The minimum absolute atomic E-state index is 0.0654. The smallest absolute Gasteiger partial charge is 0.208 e. The van der Waals surface area contributed by atoms with Gasteiger partial charge in [-0.2, -0.15) is 0 Å². The van der Waals surface area contributed by atoms with Gasteiger partial charge in [-0.15, -0.1) is 0 Å². The number of nitrogens with one attached hydrogen (secondary N) is 1. The lowest BCUT2D eigenvalue weighted by atomic mass is 9.97. The van der Waals surface area contributed by atoms with E-state index in [0.29, 0.717) is 10.4 Å². The van der Waals surface area contributed by atoms with E-state index in [-0.39, 0.29) is 6.04 Å². The largest absolute Gasteiger partial charge is 0.240 e. The molecule has 0 bridgehead atoms. The van der Waals surface area contributed by atoms with Crippen LogP contribution in [-0.4, -0.2) is 22.3 Å². The second kappa shape index (κ2) is 7.27. The van der Waals surface area contributed by atoms with Gasteiger partial charge in [0, 0.05) is 6.04 Å². The van der Waals surface area contributed by atoms with E-state index in [9.17, 15) is 8.42 Å². The normalized spacial score (nSPS) is 19.0. The van der Waals surface area contributed by atoms with E-state index in [0.717, 1.165) is 25.7 Å². The van der Waals surface area contributed by atoms with Crippen molar-refractivity contribution in [2.75, 3.05) is 0 Å². The molecular formula is C15H22BNO2S. The fourth-order valence-corrected chi connectivity index (χ4v) is 3.99. The summed E-state index contributed by atoms with van der Waals surface area (Å²) in [5.74, 6) is 0. The summed E-state index contributed by atoms with van der Waals surface area (Å²) >= 11 is 0. The number of hydrogen-bond donors (Lipinski definition) is 1. The van der Waals surface area contributed by atoms with Crippen molar-refractivity contribution in [3.8, 4) is 0 Å². The van der Waals surface area contributed by atoms with E-state index in [2.05, 4.69) is 4.72 Å². The molecular weight excluding hydrogens is 269 g/mol. The fourth-order valence-electron chi connectivity index (χ4n) is 2.69. The number of rotatable bonds is 3. The van der Waals surface area contributed by atoms with Crippen molar-refractivity contribution in [1.29, 1.82) is 0 Å². The Morgan fingerprint density at radius 2 is 1.40 bits per heavy atom. The molecule has 0 amide bonds. The second-order valence-electron chi connectivity index (χ2n) is 5.59. The summed E-state index contributed by atoms with van der Waals surface area (Å²) in [5.41, 5.74) is 0.575. The van der Waals surface area contributed by atoms with Crippen LogP contribution in [0.1, 0.15) is 51.4 Å². The molecule has 1 aliphatic rings. The molecule has 0 unspecified atom stereocenters. The van der Waals surface area contributed by atoms with Crippen LogP contribution in [0.5, 0.6) is 0 Å². The van der Waals surface area contributed by atoms with Crippen LogP contribution in [0.4, 0.5) is 0 Å². The highest BCUT2D eigenvalue weighted by molar-refractivity contribution is 7.89. The lowest BCUT2D eigenvalue weighted by Gasteiger charge is -2.18. The summed E-state index contributed by atoms with van der Waals surface area (Å²) < 4.78 is 27.5. The van der Waals surface area contributed by atoms with E-state index in [1.807, 2.05) is 0 Å². The molecule has 1 aromatic rings. The highest BCUT2D eigenvalue weighted by Gasteiger charge is 2.20. The second-order valence-corrected chi connectivity index (χ2v) is 7.30. The Morgan fingerprint density at radius 3 is 1.95 bits per heavy atom. The van der Waals surface area contributed by atoms with Gasteiger partial charge in [-0.1, -0.05) is 56.1 Å². The van der Waals surface area contributed by atoms with Crippen molar-refractivity contribution in [2.24, 2.45) is 0 Å². The molecule has 20 heavy (non-hydrogen) atoms. The maximum absolute atomic E-state index is 12.3. The van der Waals surface area contributed by atoms with Gasteiger partial charge < -0.3 is 0 Å². The zero-order chi connectivity index (χ0) is 14.4. The van der Waals surface area contributed by atoms with E-state index in [4.69, 9.17) is 7.85 Å². The molecule has 1 fully saturated rings. The molecule has 0 spiro atoms. The van der Waals surface area contributed by atoms with Gasteiger partial charge >= 0.3 is 0 Å². The summed E-state index contributed by atoms with van der Waals surface area (Å²) in [6, 6.07) is 6.44. The van der Waals surface area contributed by atoms with E-state index >= 15 is 0 Å². The average Bonchev–Trinajstić information content (AvgIpc) is 2.53. The fraction of sp³-hybridized carbons (Fsp3) is 0.600. The Balaban J connectivity index is 2.03. The molecule has 1 aromatic carbocycles. The van der Waals surface area contributed by atoms with Gasteiger partial charge in [-0.3, -0.25) is 0 Å². The standard InChI is InChI=1S/C15H22BNO2S/c16-13-9-11-15(12-10-13)20(18,19)17-14-7-5-3-1-2-4-6-8-14/h9-12,14,17H,1-8H2. The number of benzene rings is 1. The number of sulfonamides is 1. The van der Waals surface area contributed by atoms with Crippen LogP contribution in [0.25, 0.3) is 0 Å². The molecule has 5 heteroatoms. The molecule has 0 atom stereocenters. The summed E-state index contributed by atoms with van der Waals surface area (Å²) in [6.45, 7) is 0. The molecule has 1 N–H and O–H groups in total. The quantitative estimate of drug-likeness (QED) is 0.868. The van der Waals surface area contributed by atoms with E-state index < -0.39 is 10.0 Å². The molecule has 3 nitrogen and oxygen atoms in total. The predicted molar refractivity (Wildman–Crippen MR) is 82.9 cm³/mol. The van der Waals surface area contributed by atoms with Crippen LogP contribution < -0.4 is 10.2 Å². The molecule has 1 saturated carbocycles. The first-order valence-corrected chi connectivity index (χ1v) is 8.94. The topological polar surface area (TPSA) is 46.2 Å². The predicted octanol–water partition coefficient (Wildman–Crippen LogP) is 2.26. The van der Waals surface area contributed by atoms with Crippen molar-refractivity contribution in [3.63, 3.8) is 0 Å². The summed E-state index contributed by atoms with van der Waals surface area (Å²) in [4.78, 5) is 0.298. The molecule has 0 heterocycles. The first kappa shape index (κ1) is 15.6. The zero-order valence-corrected chi connectivity index (χ0v) is 12.7. The van der Waals surface area contributed by atoms with Crippen LogP contribution in [0, 0.1) is 0 Å². The molecule has 1 aliphatic carbocycles. The van der Waals surface area contributed by atoms with Crippen LogP contribution in [0.3, 0.4) is 0 Å². The minimum atomic E-state index is -3.42. The van der Waals surface area contributed by atoms with Gasteiger partial charge in [-0.05, 0) is 25.0 Å². The third-order valence-corrected chi connectivity index (χ3v) is 5.40. The molecule has 0 aliphatic heterocycles. The Labute approximate surface area is 123 Å². The van der Waals surface area contributed by atoms with Gasteiger partial charge in [0.1, 0.15) is 7.85 Å². The average molecular weight is 291 g/mol. The summed E-state index contributed by atoms with van der Waals surface area (Å²) in [5, 5.41) is 0. The third-order valence-electron chi connectivity index (χ3n) is 3.87. The molecule has 108 valence electrons. The molecule has 0 aromatic heterocycles. The van der Waals surface area contributed by atoms with Crippen LogP contribution in [-0.2, 0) is 10.0 Å². The van der Waals surface area contributed by atoms with Crippen molar-refractivity contribution in [1.82, 2.24) is 4.72 Å². The first-order valence-electron chi connectivity index (χ1n) is 7.46. The first-order chi connectivity index (χ1) is 9.58. The Bertz CT molecular complexity index is 503. The van der Waals surface area contributed by atoms with Crippen LogP contribution in [0.2, 0.25) is 0 Å². The molecule has 0 saturated heterocycles. The Kier molecular flexibility index (Phi) is 5.67. The molecule has 2 radical (unpaired) electrons. The molecule has 2 rings (SSSR count). The van der Waals surface area contributed by atoms with E-state index in [1.54, 1.807) is 24.3 Å². The van der Waals surface area contributed by atoms with Gasteiger partial charge in [0.25, 0.3) is 0 Å². The van der Waals surface area contributed by atoms with Crippen molar-refractivity contribution in [2.45, 2.75) is 62.3 Å². The van der Waals surface area contributed by atoms with Crippen LogP contribution >= 0.6 is 0 Å². The number of hydrogen-bond acceptors (Lipinski definition) is 2. The lowest BCUT2D eigenvalue weighted by molar-refractivity contribution is 0.482. The Morgan fingerprint density at radius 1 is 0.900 bits per heavy atom. The zero-order valence-electron chi connectivity index (χ0n) is 11.8. The summed E-state index contributed by atoms with van der Waals surface area (Å²) in [7, 11) is 2.17. The lowest BCUT2D eigenvalue weighted by Crippen LogP contribution is -2.34. The van der Waals surface area contributed by atoms with Crippen molar-refractivity contribution >= 4 is 23.3 Å². The highest BCUT2D eigenvalue weighted by atomic mass is 32.2. The maximum atomic E-state index is 12.3. The van der Waals surface area contributed by atoms with Gasteiger partial charge in [0.15, 0.2) is 0 Å². The van der Waals surface area contributed by atoms with Crippen molar-refractivity contribution in [3.05, 3.63) is 24.3 Å². The van der Waals surface area contributed by atoms with Gasteiger partial charge in [-0.25, -0.2) is 13.1 Å². The van der Waals surface area contributed by atoms with Gasteiger partial charge in [0.05, 0.1) is 4.90 Å². The Hall–Kier alpha value is -0.805. The highest BCUT2D eigenvalue weighted by Crippen LogP contribution is 2.19. The minimum Gasteiger partial charge on any atom is -0.208 e. The van der Waals surface area contributed by atoms with Gasteiger partial charge in [0.2, 0.25) is 10.0 Å². The summed E-state index contributed by atoms with van der Waals surface area (Å²) in [6.07, 6.45) is 9.06. The third kappa shape index (κ3) is 4.63. The monoisotopic (exact) mass is 291 g/mol. The SMILES string of the molecule is [B]c1ccc(S(=O)(=O)NC2CCCCCCCC2)cc1.